The molecule has 0 amide bonds. The van der Waals surface area contributed by atoms with Crippen LogP contribution in [0.1, 0.15) is 12.5 Å². The predicted molar refractivity (Wildman–Crippen MR) is 67.4 cm³/mol. The topological polar surface area (TPSA) is 17.8 Å². The van der Waals surface area contributed by atoms with E-state index in [0.717, 1.165) is 11.9 Å². The lowest BCUT2D eigenvalue weighted by atomic mass is 10.2. The number of aromatic nitrogens is 2. The molecule has 1 aromatic heterocycles. The molecule has 15 heavy (non-hydrogen) atoms. The van der Waals surface area contributed by atoms with Gasteiger partial charge in [-0.1, -0.05) is 35.0 Å². The van der Waals surface area contributed by atoms with Crippen LogP contribution in [-0.2, 0) is 6.54 Å². The van der Waals surface area contributed by atoms with Crippen molar-refractivity contribution in [3.05, 3.63) is 30.0 Å². The third kappa shape index (κ3) is 2.23. The molecule has 3 heteroatoms. The van der Waals surface area contributed by atoms with E-state index in [1.807, 2.05) is 6.20 Å². The largest absolute Gasteiger partial charge is 0.265 e. The normalized spacial score (nSPS) is 13.3. The number of fused-ring (bicyclic) bond motifs is 1. The molecule has 0 spiro atoms. The first-order valence-corrected chi connectivity index (χ1v) is 6.31. The molecule has 0 radical (unpaired) electrons. The second-order valence-corrected chi connectivity index (χ2v) is 4.80. The molecule has 80 valence electrons. The fourth-order valence-electron chi connectivity index (χ4n) is 1.67. The fraction of sp³-hybridized carbons (Fsp3) is 0.417. The predicted octanol–water partition coefficient (Wildman–Crippen LogP) is 3.38. The van der Waals surface area contributed by atoms with Crippen molar-refractivity contribution in [2.24, 2.45) is 5.92 Å². The summed E-state index contributed by atoms with van der Waals surface area (Å²) in [5, 5.41) is 6.66. The molecule has 1 atom stereocenters. The standard InChI is InChI=1S/C12H15BrN2/c1-9-3-4-11-7-14-15(12(11)5-9)8-10(2)6-13/h3-5,7,10H,6,8H2,1-2H3. The Morgan fingerprint density at radius 3 is 3.00 bits per heavy atom. The quantitative estimate of drug-likeness (QED) is 0.779. The van der Waals surface area contributed by atoms with E-state index in [4.69, 9.17) is 0 Å². The highest BCUT2D eigenvalue weighted by molar-refractivity contribution is 9.09. The lowest BCUT2D eigenvalue weighted by molar-refractivity contribution is 0.504. The van der Waals surface area contributed by atoms with Gasteiger partial charge in [-0.2, -0.15) is 5.10 Å². The maximum absolute atomic E-state index is 4.42. The Morgan fingerprint density at radius 1 is 1.47 bits per heavy atom. The molecule has 0 aliphatic carbocycles. The van der Waals surface area contributed by atoms with Crippen molar-refractivity contribution in [1.82, 2.24) is 9.78 Å². The van der Waals surface area contributed by atoms with Gasteiger partial charge in [0.15, 0.2) is 0 Å². The Bertz CT molecular complexity index is 462. The van der Waals surface area contributed by atoms with Crippen LogP contribution in [0, 0.1) is 12.8 Å². The lowest BCUT2D eigenvalue weighted by Crippen LogP contribution is -2.09. The van der Waals surface area contributed by atoms with Crippen LogP contribution in [0.3, 0.4) is 0 Å². The zero-order valence-electron chi connectivity index (χ0n) is 9.07. The number of hydrogen-bond donors (Lipinski definition) is 0. The first-order chi connectivity index (χ1) is 7.20. The van der Waals surface area contributed by atoms with E-state index in [0.29, 0.717) is 5.92 Å². The summed E-state index contributed by atoms with van der Waals surface area (Å²) < 4.78 is 2.09. The Labute approximate surface area is 98.4 Å². The summed E-state index contributed by atoms with van der Waals surface area (Å²) in [7, 11) is 0. The Balaban J connectivity index is 2.39. The summed E-state index contributed by atoms with van der Waals surface area (Å²) in [6.45, 7) is 5.31. The zero-order chi connectivity index (χ0) is 10.8. The van der Waals surface area contributed by atoms with Gasteiger partial charge in [-0.3, -0.25) is 4.68 Å². The van der Waals surface area contributed by atoms with Crippen LogP contribution in [0.15, 0.2) is 24.4 Å². The van der Waals surface area contributed by atoms with Gasteiger partial charge in [0, 0.05) is 17.3 Å². The summed E-state index contributed by atoms with van der Waals surface area (Å²) in [6, 6.07) is 6.46. The highest BCUT2D eigenvalue weighted by Gasteiger charge is 2.06. The Kier molecular flexibility index (Phi) is 3.10. The van der Waals surface area contributed by atoms with Crippen LogP contribution in [0.25, 0.3) is 10.9 Å². The first kappa shape index (κ1) is 10.7. The van der Waals surface area contributed by atoms with E-state index in [-0.39, 0.29) is 0 Å². The van der Waals surface area contributed by atoms with E-state index in [1.54, 1.807) is 0 Å². The maximum Gasteiger partial charge on any atom is 0.0685 e. The molecule has 0 bridgehead atoms. The van der Waals surface area contributed by atoms with Crippen LogP contribution in [-0.4, -0.2) is 15.1 Å². The molecule has 1 heterocycles. The van der Waals surface area contributed by atoms with Gasteiger partial charge in [0.05, 0.1) is 11.7 Å². The molecular formula is C12H15BrN2. The highest BCUT2D eigenvalue weighted by Crippen LogP contribution is 2.17. The van der Waals surface area contributed by atoms with Crippen molar-refractivity contribution >= 4 is 26.8 Å². The van der Waals surface area contributed by atoms with Crippen LogP contribution < -0.4 is 0 Å². The van der Waals surface area contributed by atoms with Crippen molar-refractivity contribution in [3.8, 4) is 0 Å². The lowest BCUT2D eigenvalue weighted by Gasteiger charge is -2.08. The van der Waals surface area contributed by atoms with Crippen molar-refractivity contribution in [2.75, 3.05) is 5.33 Å². The van der Waals surface area contributed by atoms with Gasteiger partial charge in [-0.25, -0.2) is 0 Å². The summed E-state index contributed by atoms with van der Waals surface area (Å²) in [5.41, 5.74) is 2.53. The van der Waals surface area contributed by atoms with Gasteiger partial charge >= 0.3 is 0 Å². The SMILES string of the molecule is Cc1ccc2cnn(CC(C)CBr)c2c1. The zero-order valence-corrected chi connectivity index (χ0v) is 10.7. The number of rotatable bonds is 3. The Hall–Kier alpha value is -0.830. The van der Waals surface area contributed by atoms with Crippen molar-refractivity contribution in [3.63, 3.8) is 0 Å². The van der Waals surface area contributed by atoms with E-state index in [1.165, 1.54) is 16.5 Å². The van der Waals surface area contributed by atoms with Gasteiger partial charge in [0.25, 0.3) is 0 Å². The average molecular weight is 267 g/mol. The van der Waals surface area contributed by atoms with Crippen molar-refractivity contribution in [1.29, 1.82) is 0 Å². The number of benzene rings is 1. The molecule has 0 aliphatic heterocycles. The number of hydrogen-bond acceptors (Lipinski definition) is 1. The molecule has 0 saturated heterocycles. The van der Waals surface area contributed by atoms with Gasteiger partial charge < -0.3 is 0 Å². The van der Waals surface area contributed by atoms with Crippen LogP contribution >= 0.6 is 15.9 Å². The van der Waals surface area contributed by atoms with Gasteiger partial charge in [0.2, 0.25) is 0 Å². The molecule has 0 aliphatic rings. The summed E-state index contributed by atoms with van der Waals surface area (Å²) in [6.07, 6.45) is 1.94. The minimum Gasteiger partial charge on any atom is -0.265 e. The van der Waals surface area contributed by atoms with Crippen LogP contribution in [0.5, 0.6) is 0 Å². The molecule has 0 saturated carbocycles. The summed E-state index contributed by atoms with van der Waals surface area (Å²) >= 11 is 3.50. The van der Waals surface area contributed by atoms with E-state index in [2.05, 4.69) is 57.8 Å². The third-order valence-electron chi connectivity index (χ3n) is 2.55. The van der Waals surface area contributed by atoms with E-state index >= 15 is 0 Å². The van der Waals surface area contributed by atoms with Crippen LogP contribution in [0.4, 0.5) is 0 Å². The molecule has 2 aromatic rings. The number of aryl methyl sites for hydroxylation is 1. The average Bonchev–Trinajstić information content (AvgIpc) is 2.61. The van der Waals surface area contributed by atoms with Crippen molar-refractivity contribution < 1.29 is 0 Å². The minimum absolute atomic E-state index is 0.605. The number of nitrogens with zero attached hydrogens (tertiary/aromatic N) is 2. The smallest absolute Gasteiger partial charge is 0.0685 e. The molecular weight excluding hydrogens is 252 g/mol. The second kappa shape index (κ2) is 4.35. The molecule has 1 unspecified atom stereocenters. The fourth-order valence-corrected chi connectivity index (χ4v) is 1.87. The van der Waals surface area contributed by atoms with Crippen LogP contribution in [0.2, 0.25) is 0 Å². The minimum atomic E-state index is 0.605. The van der Waals surface area contributed by atoms with Gasteiger partial charge in [0.1, 0.15) is 0 Å². The summed E-state index contributed by atoms with van der Waals surface area (Å²) in [4.78, 5) is 0. The molecule has 2 nitrogen and oxygen atoms in total. The monoisotopic (exact) mass is 266 g/mol. The van der Waals surface area contributed by atoms with Crippen molar-refractivity contribution in [2.45, 2.75) is 20.4 Å². The maximum atomic E-state index is 4.42. The van der Waals surface area contributed by atoms with E-state index in [9.17, 15) is 0 Å². The molecule has 0 fully saturated rings. The Morgan fingerprint density at radius 2 is 2.27 bits per heavy atom. The highest BCUT2D eigenvalue weighted by atomic mass is 79.9. The summed E-state index contributed by atoms with van der Waals surface area (Å²) in [5.74, 6) is 0.605. The van der Waals surface area contributed by atoms with E-state index < -0.39 is 0 Å². The van der Waals surface area contributed by atoms with Gasteiger partial charge in [-0.15, -0.1) is 0 Å². The van der Waals surface area contributed by atoms with Gasteiger partial charge in [-0.05, 0) is 24.5 Å². The molecule has 0 N–H and O–H groups in total. The molecule has 2 rings (SSSR count). The first-order valence-electron chi connectivity index (χ1n) is 5.19. The number of alkyl halides is 1. The second-order valence-electron chi connectivity index (χ2n) is 4.15. The number of halogens is 1. The molecule has 1 aromatic carbocycles. The third-order valence-corrected chi connectivity index (χ3v) is 3.65.